The van der Waals surface area contributed by atoms with Gasteiger partial charge in [-0.05, 0) is 6.42 Å². The minimum atomic E-state index is -0.966. The lowest BCUT2D eigenvalue weighted by atomic mass is 10.1. The summed E-state index contributed by atoms with van der Waals surface area (Å²) in [7, 11) is 0. The number of ether oxygens (including phenoxy) is 1. The van der Waals surface area contributed by atoms with Gasteiger partial charge in [-0.2, -0.15) is 0 Å². The van der Waals surface area contributed by atoms with Crippen molar-refractivity contribution in [2.75, 3.05) is 19.8 Å². The molecule has 1 aliphatic heterocycles. The molecule has 3 unspecified atom stereocenters. The van der Waals surface area contributed by atoms with Crippen LogP contribution in [0.5, 0.6) is 0 Å². The van der Waals surface area contributed by atoms with E-state index < -0.39 is 29.8 Å². The molecule has 0 bridgehead atoms. The topological polar surface area (TPSA) is 110 Å². The first-order chi connectivity index (χ1) is 8.02. The van der Waals surface area contributed by atoms with Gasteiger partial charge in [-0.3, -0.25) is 14.4 Å². The van der Waals surface area contributed by atoms with Gasteiger partial charge in [0, 0.05) is 6.54 Å². The maximum Gasteiger partial charge on any atom is 0.307 e. The van der Waals surface area contributed by atoms with E-state index in [1.54, 1.807) is 0 Å². The van der Waals surface area contributed by atoms with Gasteiger partial charge in [0.15, 0.2) is 0 Å². The van der Waals surface area contributed by atoms with Gasteiger partial charge in [-0.1, -0.05) is 0 Å². The Balaban J connectivity index is 2.03. The van der Waals surface area contributed by atoms with Crippen LogP contribution < -0.4 is 5.73 Å². The van der Waals surface area contributed by atoms with Gasteiger partial charge in [-0.25, -0.2) is 0 Å². The summed E-state index contributed by atoms with van der Waals surface area (Å²) >= 11 is 0. The minimum Gasteiger partial charge on any atom is -0.481 e. The number of carbonyl (C=O) groups is 3. The highest BCUT2D eigenvalue weighted by Crippen LogP contribution is 2.40. The van der Waals surface area contributed by atoms with Gasteiger partial charge in [0.25, 0.3) is 0 Å². The smallest absolute Gasteiger partial charge is 0.307 e. The molecule has 3 atom stereocenters. The van der Waals surface area contributed by atoms with Crippen molar-refractivity contribution in [2.24, 2.45) is 17.6 Å². The molecule has 1 saturated carbocycles. The summed E-state index contributed by atoms with van der Waals surface area (Å²) in [6.45, 7) is 0.723. The van der Waals surface area contributed by atoms with Gasteiger partial charge >= 0.3 is 5.97 Å². The zero-order chi connectivity index (χ0) is 12.6. The van der Waals surface area contributed by atoms with E-state index in [4.69, 9.17) is 15.6 Å². The molecular weight excluding hydrogens is 228 g/mol. The third-order valence-electron chi connectivity index (χ3n) is 3.16. The summed E-state index contributed by atoms with van der Waals surface area (Å²) in [5.41, 5.74) is 5.18. The molecule has 1 heterocycles. The maximum absolute atomic E-state index is 12.0. The van der Waals surface area contributed by atoms with Crippen LogP contribution in [-0.4, -0.2) is 53.6 Å². The Kier molecular flexibility index (Phi) is 3.01. The van der Waals surface area contributed by atoms with E-state index in [1.165, 1.54) is 4.90 Å². The number of hydrogen-bond donors (Lipinski definition) is 2. The van der Waals surface area contributed by atoms with Crippen LogP contribution in [-0.2, 0) is 19.1 Å². The second-order valence-electron chi connectivity index (χ2n) is 4.31. The van der Waals surface area contributed by atoms with Crippen molar-refractivity contribution in [3.63, 3.8) is 0 Å². The Morgan fingerprint density at radius 3 is 2.53 bits per heavy atom. The van der Waals surface area contributed by atoms with Crippen molar-refractivity contribution in [1.82, 2.24) is 4.90 Å². The van der Waals surface area contributed by atoms with Gasteiger partial charge in [0.2, 0.25) is 11.8 Å². The number of amides is 2. The number of carbonyl (C=O) groups excluding carboxylic acids is 2. The Morgan fingerprint density at radius 1 is 1.29 bits per heavy atom. The molecule has 7 nitrogen and oxygen atoms in total. The van der Waals surface area contributed by atoms with Crippen LogP contribution >= 0.6 is 0 Å². The number of nitrogens with zero attached hydrogens (tertiary/aromatic N) is 1. The Hall–Kier alpha value is -1.63. The molecule has 7 heteroatoms. The fourth-order valence-corrected chi connectivity index (χ4v) is 2.06. The molecule has 94 valence electrons. The van der Waals surface area contributed by atoms with Crippen LogP contribution in [0.4, 0.5) is 0 Å². The van der Waals surface area contributed by atoms with Gasteiger partial charge in [0.05, 0.1) is 25.0 Å². The molecule has 2 fully saturated rings. The summed E-state index contributed by atoms with van der Waals surface area (Å²) < 4.78 is 5.09. The summed E-state index contributed by atoms with van der Waals surface area (Å²) in [4.78, 5) is 35.2. The zero-order valence-corrected chi connectivity index (χ0v) is 9.17. The molecule has 0 aromatic carbocycles. The van der Waals surface area contributed by atoms with Crippen LogP contribution in [0, 0.1) is 11.8 Å². The third-order valence-corrected chi connectivity index (χ3v) is 3.16. The number of morpholine rings is 1. The second-order valence-corrected chi connectivity index (χ2v) is 4.31. The van der Waals surface area contributed by atoms with E-state index in [2.05, 4.69) is 0 Å². The molecule has 2 amide bonds. The number of carboxylic acids is 1. The van der Waals surface area contributed by atoms with Crippen molar-refractivity contribution in [3.05, 3.63) is 0 Å². The molecule has 0 aromatic rings. The fourth-order valence-electron chi connectivity index (χ4n) is 2.06. The number of hydrogen-bond acceptors (Lipinski definition) is 4. The Labute approximate surface area is 97.5 Å². The molecule has 3 N–H and O–H groups in total. The van der Waals surface area contributed by atoms with Crippen molar-refractivity contribution in [3.8, 4) is 0 Å². The van der Waals surface area contributed by atoms with Crippen LogP contribution in [0.15, 0.2) is 0 Å². The summed E-state index contributed by atoms with van der Waals surface area (Å²) in [5.74, 6) is -3.01. The average molecular weight is 242 g/mol. The largest absolute Gasteiger partial charge is 0.481 e. The highest BCUT2D eigenvalue weighted by molar-refractivity contribution is 5.93. The monoisotopic (exact) mass is 242 g/mol. The SMILES string of the molecule is NC(=O)C1COCCN1C(=O)C1CC1C(=O)O. The predicted octanol–water partition coefficient (Wildman–Crippen LogP) is -1.58. The fraction of sp³-hybridized carbons (Fsp3) is 0.700. The van der Waals surface area contributed by atoms with Crippen molar-refractivity contribution < 1.29 is 24.2 Å². The number of nitrogens with two attached hydrogens (primary N) is 1. The molecule has 0 spiro atoms. The van der Waals surface area contributed by atoms with Crippen LogP contribution in [0.2, 0.25) is 0 Å². The first kappa shape index (κ1) is 11.8. The van der Waals surface area contributed by atoms with E-state index in [0.717, 1.165) is 0 Å². The molecular formula is C10H14N2O5. The summed E-state index contributed by atoms with van der Waals surface area (Å²) in [6.07, 6.45) is 0.344. The van der Waals surface area contributed by atoms with Crippen molar-refractivity contribution >= 4 is 17.8 Å². The summed E-state index contributed by atoms with van der Waals surface area (Å²) in [5, 5.41) is 8.76. The number of aliphatic carboxylic acids is 1. The number of rotatable bonds is 3. The van der Waals surface area contributed by atoms with Crippen LogP contribution in [0.1, 0.15) is 6.42 Å². The van der Waals surface area contributed by atoms with E-state index in [0.29, 0.717) is 13.0 Å². The van der Waals surface area contributed by atoms with Crippen LogP contribution in [0.25, 0.3) is 0 Å². The molecule has 2 rings (SSSR count). The summed E-state index contributed by atoms with van der Waals surface area (Å²) in [6, 6.07) is -0.772. The standard InChI is InChI=1S/C10H14N2O5/c11-8(13)7-4-17-2-1-12(7)9(14)5-3-6(5)10(15)16/h5-7H,1-4H2,(H2,11,13)(H,15,16). The minimum absolute atomic E-state index is 0.0888. The average Bonchev–Trinajstić information content (AvgIpc) is 3.08. The highest BCUT2D eigenvalue weighted by Gasteiger charge is 2.51. The first-order valence-electron chi connectivity index (χ1n) is 5.42. The van der Waals surface area contributed by atoms with E-state index in [1.807, 2.05) is 0 Å². The molecule has 0 aromatic heterocycles. The maximum atomic E-state index is 12.0. The lowest BCUT2D eigenvalue weighted by Gasteiger charge is -2.33. The zero-order valence-electron chi connectivity index (χ0n) is 9.17. The van der Waals surface area contributed by atoms with Gasteiger partial charge < -0.3 is 20.5 Å². The predicted molar refractivity (Wildman–Crippen MR) is 54.7 cm³/mol. The molecule has 2 aliphatic rings. The van der Waals surface area contributed by atoms with E-state index in [9.17, 15) is 14.4 Å². The van der Waals surface area contributed by atoms with Gasteiger partial charge in [-0.15, -0.1) is 0 Å². The number of carboxylic acid groups (broad SMARTS) is 1. The first-order valence-corrected chi connectivity index (χ1v) is 5.42. The van der Waals surface area contributed by atoms with Crippen molar-refractivity contribution in [2.45, 2.75) is 12.5 Å². The molecule has 1 saturated heterocycles. The van der Waals surface area contributed by atoms with Crippen molar-refractivity contribution in [1.29, 1.82) is 0 Å². The second kappa shape index (κ2) is 4.33. The molecule has 1 aliphatic carbocycles. The lowest BCUT2D eigenvalue weighted by molar-refractivity contribution is -0.150. The third kappa shape index (κ3) is 2.23. The number of primary amides is 1. The quantitative estimate of drug-likeness (QED) is 0.620. The Bertz CT molecular complexity index is 370. The van der Waals surface area contributed by atoms with Crippen LogP contribution in [0.3, 0.4) is 0 Å². The molecule has 17 heavy (non-hydrogen) atoms. The Morgan fingerprint density at radius 2 is 2.00 bits per heavy atom. The van der Waals surface area contributed by atoms with Gasteiger partial charge in [0.1, 0.15) is 6.04 Å². The highest BCUT2D eigenvalue weighted by atomic mass is 16.5. The van der Waals surface area contributed by atoms with E-state index >= 15 is 0 Å². The molecule has 0 radical (unpaired) electrons. The normalized spacial score (nSPS) is 32.0. The van der Waals surface area contributed by atoms with E-state index in [-0.39, 0.29) is 19.1 Å². The lowest BCUT2D eigenvalue weighted by Crippen LogP contribution is -2.55.